The highest BCUT2D eigenvalue weighted by Gasteiger charge is 2.42. The van der Waals surface area contributed by atoms with E-state index in [4.69, 9.17) is 9.47 Å². The number of ether oxygens (including phenoxy) is 2. The number of alkyl halides is 3. The summed E-state index contributed by atoms with van der Waals surface area (Å²) in [5, 5.41) is 3.07. The highest BCUT2D eigenvalue weighted by Crippen LogP contribution is 2.40. The number of carbonyl (C=O) groups is 1. The first-order valence-corrected chi connectivity index (χ1v) is 12.8. The molecule has 0 aliphatic carbocycles. The zero-order valence-corrected chi connectivity index (χ0v) is 21.0. The number of hydrogen-bond donors (Lipinski definition) is 1. The average molecular weight is 519 g/mol. The fraction of sp³-hybridized carbons (Fsp3) is 0.519. The number of nitrogens with zero attached hydrogens (tertiary/aromatic N) is 3. The SMILES string of the molecule is COc1cccc(N2CCN3c4ccc(C(F)(F)F)cc4C[C@H](C(=O)NCCN4CCOCC4)[C@H]3C2)c1. The van der Waals surface area contributed by atoms with Crippen molar-refractivity contribution >= 4 is 17.3 Å². The molecule has 3 heterocycles. The Kier molecular flexibility index (Phi) is 7.48. The van der Waals surface area contributed by atoms with E-state index in [1.807, 2.05) is 24.3 Å². The lowest BCUT2D eigenvalue weighted by atomic mass is 9.82. The van der Waals surface area contributed by atoms with Gasteiger partial charge in [-0.05, 0) is 42.3 Å². The summed E-state index contributed by atoms with van der Waals surface area (Å²) in [6.45, 7) is 6.15. The Bertz CT molecular complexity index is 1110. The van der Waals surface area contributed by atoms with Gasteiger partial charge in [-0.15, -0.1) is 0 Å². The number of nitrogens with one attached hydrogen (secondary N) is 1. The van der Waals surface area contributed by atoms with Gasteiger partial charge in [0, 0.05) is 63.3 Å². The number of rotatable bonds is 6. The van der Waals surface area contributed by atoms with Crippen molar-refractivity contribution < 1.29 is 27.4 Å². The van der Waals surface area contributed by atoms with Gasteiger partial charge in [0.05, 0.1) is 37.8 Å². The molecule has 0 saturated carbocycles. The Morgan fingerprint density at radius 3 is 2.68 bits per heavy atom. The molecule has 2 aromatic carbocycles. The minimum absolute atomic E-state index is 0.112. The predicted molar refractivity (Wildman–Crippen MR) is 135 cm³/mol. The smallest absolute Gasteiger partial charge is 0.416 e. The lowest BCUT2D eigenvalue weighted by molar-refractivity contribution is -0.137. The second kappa shape index (κ2) is 10.8. The molecule has 0 aromatic heterocycles. The Balaban J connectivity index is 1.37. The molecular formula is C27H33F3N4O3. The molecule has 2 aromatic rings. The van der Waals surface area contributed by atoms with Crippen LogP contribution in [0.4, 0.5) is 24.5 Å². The molecule has 3 aliphatic heterocycles. The van der Waals surface area contributed by atoms with Crippen LogP contribution < -0.4 is 19.9 Å². The molecule has 3 aliphatic rings. The summed E-state index contributed by atoms with van der Waals surface area (Å²) in [6, 6.07) is 11.6. The first-order chi connectivity index (χ1) is 17.8. The highest BCUT2D eigenvalue weighted by molar-refractivity contribution is 5.82. The molecular weight excluding hydrogens is 485 g/mol. The molecule has 0 spiro atoms. The van der Waals surface area contributed by atoms with Crippen LogP contribution in [0.5, 0.6) is 5.75 Å². The van der Waals surface area contributed by atoms with E-state index in [0.29, 0.717) is 45.0 Å². The Hall–Kier alpha value is -2.98. The van der Waals surface area contributed by atoms with Crippen molar-refractivity contribution in [2.45, 2.75) is 18.6 Å². The van der Waals surface area contributed by atoms with Gasteiger partial charge in [-0.1, -0.05) is 6.07 Å². The van der Waals surface area contributed by atoms with Crippen LogP contribution in [0.3, 0.4) is 0 Å². The molecule has 0 bridgehead atoms. The second-order valence-corrected chi connectivity index (χ2v) is 9.81. The van der Waals surface area contributed by atoms with Gasteiger partial charge < -0.3 is 24.6 Å². The maximum atomic E-state index is 13.5. The van der Waals surface area contributed by atoms with Gasteiger partial charge in [-0.2, -0.15) is 13.2 Å². The van der Waals surface area contributed by atoms with Gasteiger partial charge in [0.1, 0.15) is 5.75 Å². The predicted octanol–water partition coefficient (Wildman–Crippen LogP) is 3.03. The number of hydrogen-bond acceptors (Lipinski definition) is 6. The first kappa shape index (κ1) is 25.7. The molecule has 10 heteroatoms. The van der Waals surface area contributed by atoms with Gasteiger partial charge in [-0.25, -0.2) is 0 Å². The van der Waals surface area contributed by atoms with Crippen LogP contribution >= 0.6 is 0 Å². The fourth-order valence-electron chi connectivity index (χ4n) is 5.63. The van der Waals surface area contributed by atoms with E-state index < -0.39 is 17.7 Å². The van der Waals surface area contributed by atoms with Gasteiger partial charge in [0.15, 0.2) is 0 Å². The molecule has 1 amide bonds. The van der Waals surface area contributed by atoms with Gasteiger partial charge >= 0.3 is 6.18 Å². The molecule has 37 heavy (non-hydrogen) atoms. The summed E-state index contributed by atoms with van der Waals surface area (Å²) in [4.78, 5) is 20.1. The summed E-state index contributed by atoms with van der Waals surface area (Å²) in [5.74, 6) is 0.180. The van der Waals surface area contributed by atoms with Crippen LogP contribution in [0, 0.1) is 5.92 Å². The zero-order chi connectivity index (χ0) is 26.0. The third kappa shape index (κ3) is 5.65. The van der Waals surface area contributed by atoms with Crippen LogP contribution in [-0.2, 0) is 22.1 Å². The van der Waals surface area contributed by atoms with Crippen molar-refractivity contribution in [3.05, 3.63) is 53.6 Å². The third-order valence-corrected chi connectivity index (χ3v) is 7.63. The summed E-state index contributed by atoms with van der Waals surface area (Å²) in [7, 11) is 1.63. The third-order valence-electron chi connectivity index (χ3n) is 7.63. The summed E-state index contributed by atoms with van der Waals surface area (Å²) in [5.41, 5.74) is 1.70. The molecule has 7 nitrogen and oxygen atoms in total. The average Bonchev–Trinajstić information content (AvgIpc) is 2.92. The van der Waals surface area contributed by atoms with Crippen molar-refractivity contribution in [2.24, 2.45) is 5.92 Å². The molecule has 200 valence electrons. The van der Waals surface area contributed by atoms with Gasteiger partial charge in [0.2, 0.25) is 5.91 Å². The lowest BCUT2D eigenvalue weighted by Crippen LogP contribution is -2.61. The zero-order valence-electron chi connectivity index (χ0n) is 21.0. The standard InChI is InChI=1S/C27H33F3N4O3/c1-36-22-4-2-3-21(17-22)33-9-10-34-24-6-5-20(27(28,29)30)15-19(24)16-23(25(34)18-33)26(35)31-7-8-32-11-13-37-14-12-32/h2-6,15,17,23,25H,7-14,16,18H2,1H3,(H,31,35)/t23-,25+/m0/s1. The quantitative estimate of drug-likeness (QED) is 0.635. The van der Waals surface area contributed by atoms with E-state index in [2.05, 4.69) is 20.0 Å². The van der Waals surface area contributed by atoms with Crippen molar-refractivity contribution in [1.29, 1.82) is 0 Å². The number of benzene rings is 2. The number of carbonyl (C=O) groups excluding carboxylic acids is 1. The molecule has 2 atom stereocenters. The first-order valence-electron chi connectivity index (χ1n) is 12.8. The van der Waals surface area contributed by atoms with E-state index in [-0.39, 0.29) is 18.4 Å². The molecule has 0 radical (unpaired) electrons. The summed E-state index contributed by atoms with van der Waals surface area (Å²) in [6.07, 6.45) is -4.15. The number of piperazine rings is 1. The number of halogens is 3. The second-order valence-electron chi connectivity index (χ2n) is 9.81. The number of methoxy groups -OCH3 is 1. The Labute approximate surface area is 215 Å². The normalized spacial score (nSPS) is 22.3. The van der Waals surface area contributed by atoms with Gasteiger partial charge in [0.25, 0.3) is 0 Å². The maximum Gasteiger partial charge on any atom is 0.416 e. The van der Waals surface area contributed by atoms with Crippen LogP contribution in [0.1, 0.15) is 11.1 Å². The Morgan fingerprint density at radius 1 is 1.11 bits per heavy atom. The minimum Gasteiger partial charge on any atom is -0.497 e. The molecule has 1 N–H and O–H groups in total. The number of amides is 1. The number of morpholine rings is 1. The maximum absolute atomic E-state index is 13.5. The molecule has 5 rings (SSSR count). The van der Waals surface area contributed by atoms with Crippen molar-refractivity contribution in [2.75, 3.05) is 75.9 Å². The lowest BCUT2D eigenvalue weighted by Gasteiger charge is -2.49. The van der Waals surface area contributed by atoms with E-state index in [9.17, 15) is 18.0 Å². The van der Waals surface area contributed by atoms with E-state index in [1.165, 1.54) is 6.07 Å². The minimum atomic E-state index is -4.42. The summed E-state index contributed by atoms with van der Waals surface area (Å²) < 4.78 is 51.2. The van der Waals surface area contributed by atoms with E-state index in [0.717, 1.165) is 42.8 Å². The van der Waals surface area contributed by atoms with Crippen LogP contribution in [0.25, 0.3) is 0 Å². The van der Waals surface area contributed by atoms with Crippen molar-refractivity contribution in [3.8, 4) is 5.75 Å². The fourth-order valence-corrected chi connectivity index (χ4v) is 5.63. The molecule has 0 unspecified atom stereocenters. The van der Waals surface area contributed by atoms with E-state index in [1.54, 1.807) is 13.2 Å². The summed E-state index contributed by atoms with van der Waals surface area (Å²) >= 11 is 0. The topological polar surface area (TPSA) is 57.3 Å². The van der Waals surface area contributed by atoms with E-state index >= 15 is 0 Å². The van der Waals surface area contributed by atoms with Crippen LogP contribution in [-0.4, -0.2) is 83.0 Å². The number of fused-ring (bicyclic) bond motifs is 3. The molecule has 2 fully saturated rings. The largest absolute Gasteiger partial charge is 0.497 e. The van der Waals surface area contributed by atoms with Crippen molar-refractivity contribution in [1.82, 2.24) is 10.2 Å². The highest BCUT2D eigenvalue weighted by atomic mass is 19.4. The monoisotopic (exact) mass is 518 g/mol. The van der Waals surface area contributed by atoms with Gasteiger partial charge in [-0.3, -0.25) is 9.69 Å². The Morgan fingerprint density at radius 2 is 1.92 bits per heavy atom. The van der Waals surface area contributed by atoms with Crippen molar-refractivity contribution in [3.63, 3.8) is 0 Å². The van der Waals surface area contributed by atoms with Crippen LogP contribution in [0.15, 0.2) is 42.5 Å². The number of anilines is 2. The molecule has 2 saturated heterocycles. The van der Waals surface area contributed by atoms with Crippen LogP contribution in [0.2, 0.25) is 0 Å².